The maximum atomic E-state index is 4.69. The van der Waals surface area contributed by atoms with E-state index >= 15 is 0 Å². The maximum absolute atomic E-state index is 4.69. The molecule has 0 fully saturated rings. The molecule has 15 rings (SSSR count). The van der Waals surface area contributed by atoms with E-state index in [0.717, 1.165) is 89.9 Å². The second kappa shape index (κ2) is 18.7. The number of fused-ring (bicyclic) bond motifs is 9. The molecule has 0 atom stereocenters. The van der Waals surface area contributed by atoms with Gasteiger partial charge in [0.2, 0.25) is 0 Å². The zero-order chi connectivity index (χ0) is 52.6. The zero-order valence-corrected chi connectivity index (χ0v) is 43.4. The van der Waals surface area contributed by atoms with Crippen LogP contribution in [0.25, 0.3) is 94.3 Å². The lowest BCUT2D eigenvalue weighted by Gasteiger charge is -2.31. The van der Waals surface area contributed by atoms with Gasteiger partial charge in [0, 0.05) is 50.6 Å². The molecule has 2 aliphatic rings. The molecule has 0 radical (unpaired) electrons. The topological polar surface area (TPSA) is 11.4 Å². The van der Waals surface area contributed by atoms with Crippen LogP contribution in [0.2, 0.25) is 0 Å². The summed E-state index contributed by atoms with van der Waals surface area (Å²) in [6, 6.07) is 104. The summed E-state index contributed by atoms with van der Waals surface area (Å²) in [5.74, 6) is 0. The Kier molecular flexibility index (Phi) is 10.8. The summed E-state index contributed by atoms with van der Waals surface area (Å²) in [6.07, 6.45) is 0. The molecular formula is C76H51N3. The number of anilines is 6. The third kappa shape index (κ3) is 7.74. The molecule has 0 spiro atoms. The molecule has 0 bridgehead atoms. The number of para-hydroxylation sites is 2. The number of nitrogens with zero attached hydrogens (tertiary/aromatic N) is 3. The molecule has 370 valence electrons. The average molecular weight is 1010 g/mol. The van der Waals surface area contributed by atoms with Gasteiger partial charge in [0.1, 0.15) is 0 Å². The number of aromatic nitrogens is 1. The van der Waals surface area contributed by atoms with Crippen LogP contribution in [0.15, 0.2) is 298 Å². The Morgan fingerprint density at radius 1 is 0.228 bits per heavy atom. The van der Waals surface area contributed by atoms with E-state index < -0.39 is 0 Å². The van der Waals surface area contributed by atoms with Gasteiger partial charge in [-0.3, -0.25) is 0 Å². The molecule has 79 heavy (non-hydrogen) atoms. The molecule has 1 heterocycles. The first-order chi connectivity index (χ1) is 39.0. The summed E-state index contributed by atoms with van der Waals surface area (Å²) in [4.78, 5) is 4.85. The van der Waals surface area contributed by atoms with E-state index in [-0.39, 0.29) is 0 Å². The summed E-state index contributed by atoms with van der Waals surface area (Å²) in [5, 5.41) is 2.40. The van der Waals surface area contributed by atoms with Crippen LogP contribution in [0.1, 0.15) is 22.3 Å². The first-order valence-corrected chi connectivity index (χ1v) is 27.0. The Balaban J connectivity index is 0.981. The van der Waals surface area contributed by atoms with Crippen LogP contribution in [0.3, 0.4) is 0 Å². The van der Waals surface area contributed by atoms with Crippen molar-refractivity contribution in [2.75, 3.05) is 9.80 Å². The van der Waals surface area contributed by atoms with Gasteiger partial charge in [-0.05, 0) is 186 Å². The predicted molar refractivity (Wildman–Crippen MR) is 334 cm³/mol. The Bertz CT molecular complexity index is 4340. The van der Waals surface area contributed by atoms with Gasteiger partial charge >= 0.3 is 0 Å². The number of rotatable bonds is 10. The Labute approximate surface area is 460 Å². The number of benzene rings is 12. The third-order valence-electron chi connectivity index (χ3n) is 16.2. The highest BCUT2D eigenvalue weighted by atomic mass is 15.2. The fourth-order valence-corrected chi connectivity index (χ4v) is 12.4. The quantitative estimate of drug-likeness (QED) is 0.135. The van der Waals surface area contributed by atoms with E-state index in [9.17, 15) is 0 Å². The minimum absolute atomic E-state index is 1.01. The Morgan fingerprint density at radius 3 is 1.14 bits per heavy atom. The molecule has 0 unspecified atom stereocenters. The monoisotopic (exact) mass is 1010 g/mol. The fourth-order valence-electron chi connectivity index (χ4n) is 12.4. The molecule has 0 amide bonds. The minimum atomic E-state index is 1.01. The maximum Gasteiger partial charge on any atom is 0.0541 e. The van der Waals surface area contributed by atoms with E-state index in [1.807, 2.05) is 0 Å². The van der Waals surface area contributed by atoms with Gasteiger partial charge in [0.15, 0.2) is 0 Å². The number of hydrogen-bond acceptors (Lipinski definition) is 2. The highest BCUT2D eigenvalue weighted by molar-refractivity contribution is 6.11. The molecular weight excluding hydrogens is 955 g/mol. The van der Waals surface area contributed by atoms with Gasteiger partial charge in [-0.15, -0.1) is 0 Å². The minimum Gasteiger partial charge on any atom is -0.310 e. The second-order valence-corrected chi connectivity index (χ2v) is 20.7. The van der Waals surface area contributed by atoms with E-state index in [1.165, 1.54) is 60.8 Å². The lowest BCUT2D eigenvalue weighted by atomic mass is 9.98. The molecule has 0 aliphatic heterocycles. The van der Waals surface area contributed by atoms with Gasteiger partial charge in [0.05, 0.1) is 11.0 Å². The Morgan fingerprint density at radius 2 is 0.620 bits per heavy atom. The van der Waals surface area contributed by atoms with Gasteiger partial charge in [-0.2, -0.15) is 0 Å². The summed E-state index contributed by atoms with van der Waals surface area (Å²) in [6.45, 7) is 9.38. The first-order valence-electron chi connectivity index (χ1n) is 27.0. The highest BCUT2D eigenvalue weighted by Crippen LogP contribution is 2.51. The largest absolute Gasteiger partial charge is 0.310 e. The van der Waals surface area contributed by atoms with Crippen molar-refractivity contribution in [1.29, 1.82) is 0 Å². The van der Waals surface area contributed by atoms with Crippen molar-refractivity contribution in [2.45, 2.75) is 0 Å². The van der Waals surface area contributed by atoms with Crippen LogP contribution in [0.4, 0.5) is 34.1 Å². The first kappa shape index (κ1) is 45.9. The van der Waals surface area contributed by atoms with Crippen molar-refractivity contribution in [3.05, 3.63) is 321 Å². The normalized spacial score (nSPS) is 12.1. The molecule has 13 aromatic rings. The Hall–Kier alpha value is -10.5. The van der Waals surface area contributed by atoms with Gasteiger partial charge in [-0.1, -0.05) is 201 Å². The van der Waals surface area contributed by atoms with Crippen molar-refractivity contribution >= 4 is 67.1 Å². The summed E-state index contributed by atoms with van der Waals surface area (Å²) in [5.41, 5.74) is 28.0. The molecule has 2 aliphatic carbocycles. The van der Waals surface area contributed by atoms with E-state index in [0.29, 0.717) is 0 Å². The van der Waals surface area contributed by atoms with Crippen LogP contribution in [-0.4, -0.2) is 4.57 Å². The summed E-state index contributed by atoms with van der Waals surface area (Å²) >= 11 is 0. The number of hydrogen-bond donors (Lipinski definition) is 0. The smallest absolute Gasteiger partial charge is 0.0541 e. The molecule has 3 heteroatoms. The molecule has 0 saturated carbocycles. The molecule has 0 saturated heterocycles. The van der Waals surface area contributed by atoms with Crippen molar-refractivity contribution in [1.82, 2.24) is 4.57 Å². The van der Waals surface area contributed by atoms with Crippen molar-refractivity contribution in [3.8, 4) is 61.3 Å². The van der Waals surface area contributed by atoms with Crippen LogP contribution >= 0.6 is 0 Å². The summed E-state index contributed by atoms with van der Waals surface area (Å²) in [7, 11) is 0. The molecule has 1 aromatic heterocycles. The van der Waals surface area contributed by atoms with Gasteiger partial charge in [0.25, 0.3) is 0 Å². The molecule has 3 nitrogen and oxygen atoms in total. The fraction of sp³-hybridized carbons (Fsp3) is 0. The van der Waals surface area contributed by atoms with Crippen LogP contribution in [0, 0.1) is 0 Å². The second-order valence-electron chi connectivity index (χ2n) is 20.7. The van der Waals surface area contributed by atoms with Crippen molar-refractivity contribution in [2.24, 2.45) is 0 Å². The van der Waals surface area contributed by atoms with Crippen LogP contribution in [-0.2, 0) is 0 Å². The third-order valence-corrected chi connectivity index (χ3v) is 16.2. The average Bonchev–Trinajstić information content (AvgIpc) is 4.36. The standard InChI is InChI=1S/C76H51N3/c1-50-65-24-12-14-26-67(65)69-41-39-61(48-72(50)69)77(59-35-30-54(31-36-59)52-18-6-3-7-19-52)63-44-57(56-34-43-76-74(46-56)71-28-16-17-29-75(71)79(76)58-22-10-5-11-23-58)45-64(47-63)78(60-37-32-55(33-38-60)53-20-8-4-9-21-53)62-40-42-70-68-27-15-13-25-66(68)51(2)73(70)49-62/h3-49H,1-2H2. The molecule has 12 aromatic carbocycles. The molecule has 0 N–H and O–H groups in total. The highest BCUT2D eigenvalue weighted by Gasteiger charge is 2.27. The van der Waals surface area contributed by atoms with Crippen molar-refractivity contribution in [3.63, 3.8) is 0 Å². The van der Waals surface area contributed by atoms with Gasteiger partial charge in [-0.25, -0.2) is 0 Å². The lowest BCUT2D eigenvalue weighted by molar-refractivity contribution is 1.18. The summed E-state index contributed by atoms with van der Waals surface area (Å²) < 4.78 is 2.39. The SMILES string of the molecule is C=C1c2ccccc2-c2ccc(N(c3ccc(-c4ccccc4)cc3)c3cc(-c4ccc5c(c4)c4ccccc4n5-c4ccccc4)cc(N(c4ccc(-c5ccccc5)cc4)c4ccc5c(c4)C(=C)c4ccccc4-5)c3)cc21. The van der Waals surface area contributed by atoms with Gasteiger partial charge < -0.3 is 14.4 Å². The van der Waals surface area contributed by atoms with Crippen LogP contribution < -0.4 is 9.80 Å². The van der Waals surface area contributed by atoms with Crippen molar-refractivity contribution < 1.29 is 0 Å². The van der Waals surface area contributed by atoms with Crippen LogP contribution in [0.5, 0.6) is 0 Å². The predicted octanol–water partition coefficient (Wildman–Crippen LogP) is 20.8. The zero-order valence-electron chi connectivity index (χ0n) is 43.4. The van der Waals surface area contributed by atoms with E-state index in [4.69, 9.17) is 0 Å². The van der Waals surface area contributed by atoms with E-state index in [2.05, 4.69) is 313 Å². The lowest BCUT2D eigenvalue weighted by Crippen LogP contribution is -2.14. The van der Waals surface area contributed by atoms with E-state index in [1.54, 1.807) is 0 Å².